The van der Waals surface area contributed by atoms with Crippen molar-refractivity contribution in [3.05, 3.63) is 47.7 Å². The van der Waals surface area contributed by atoms with Crippen LogP contribution in [-0.2, 0) is 9.47 Å². The number of ether oxygens (including phenoxy) is 2. The number of rotatable bonds is 7. The third-order valence-corrected chi connectivity index (χ3v) is 5.31. The minimum Gasteiger partial charge on any atom is -1.00 e. The lowest BCUT2D eigenvalue weighted by Crippen LogP contribution is -3.00. The number of allylic oxidation sites excluding steroid dienone is 3. The fraction of sp³-hybridized carbons (Fsp3) is 0.545. The van der Waals surface area contributed by atoms with Gasteiger partial charge in [-0.25, -0.2) is 4.58 Å². The fourth-order valence-electron chi connectivity index (χ4n) is 3.80. The molecule has 5 nitrogen and oxygen atoms in total. The molecule has 1 aliphatic heterocycles. The summed E-state index contributed by atoms with van der Waals surface area (Å²) in [6.45, 7) is 15.2. The lowest BCUT2D eigenvalue weighted by atomic mass is 9.99. The maximum Gasteiger partial charge on any atom is 0.206 e. The highest BCUT2D eigenvalue weighted by Gasteiger charge is 2.35. The van der Waals surface area contributed by atoms with Gasteiger partial charge in [-0.05, 0) is 46.0 Å². The molecule has 0 radical (unpaired) electrons. The molecule has 0 spiro atoms. The minimum atomic E-state index is -0.189. The van der Waals surface area contributed by atoms with Crippen LogP contribution in [0.25, 0.3) is 0 Å². The van der Waals surface area contributed by atoms with Gasteiger partial charge in [-0.2, -0.15) is 0 Å². The second kappa shape index (κ2) is 10.1. The maximum absolute atomic E-state index is 6.35. The quantitative estimate of drug-likeness (QED) is 0.572. The van der Waals surface area contributed by atoms with E-state index in [1.165, 1.54) is 0 Å². The van der Waals surface area contributed by atoms with Gasteiger partial charge in [0.25, 0.3) is 0 Å². The van der Waals surface area contributed by atoms with E-state index in [0.29, 0.717) is 6.61 Å². The molecule has 0 bridgehead atoms. The zero-order valence-electron chi connectivity index (χ0n) is 17.6. The molecule has 0 saturated heterocycles. The van der Waals surface area contributed by atoms with E-state index in [4.69, 9.17) is 14.5 Å². The van der Waals surface area contributed by atoms with Gasteiger partial charge in [0.2, 0.25) is 5.71 Å². The monoisotopic (exact) mass is 405 g/mol. The molecule has 0 aromatic carbocycles. The molecule has 0 N–H and O–H groups in total. The fourth-order valence-corrected chi connectivity index (χ4v) is 3.80. The summed E-state index contributed by atoms with van der Waals surface area (Å²) in [4.78, 5) is 7.33. The Labute approximate surface area is 175 Å². The van der Waals surface area contributed by atoms with Crippen molar-refractivity contribution >= 4 is 11.4 Å². The molecule has 3 aliphatic rings. The lowest BCUT2D eigenvalue weighted by molar-refractivity contribution is -0.519. The molecule has 0 amide bonds. The van der Waals surface area contributed by atoms with Crippen LogP contribution in [-0.4, -0.2) is 65.8 Å². The molecule has 2 unspecified atom stereocenters. The molecule has 0 aromatic heterocycles. The van der Waals surface area contributed by atoms with E-state index in [2.05, 4.69) is 67.6 Å². The molecular formula is C22H32ClN3O2. The van der Waals surface area contributed by atoms with Crippen molar-refractivity contribution in [1.82, 2.24) is 4.90 Å². The van der Waals surface area contributed by atoms with Crippen LogP contribution in [0.4, 0.5) is 0 Å². The third kappa shape index (κ3) is 4.41. The van der Waals surface area contributed by atoms with Crippen molar-refractivity contribution in [2.45, 2.75) is 46.7 Å². The van der Waals surface area contributed by atoms with Crippen LogP contribution >= 0.6 is 0 Å². The van der Waals surface area contributed by atoms with Crippen LogP contribution in [0.2, 0.25) is 0 Å². The predicted octanol–water partition coefficient (Wildman–Crippen LogP) is 0.306. The Morgan fingerprint density at radius 1 is 1.11 bits per heavy atom. The van der Waals surface area contributed by atoms with Crippen LogP contribution in [0.5, 0.6) is 0 Å². The van der Waals surface area contributed by atoms with Crippen LogP contribution in [0.15, 0.2) is 52.6 Å². The predicted molar refractivity (Wildman–Crippen MR) is 110 cm³/mol. The Bertz CT molecular complexity index is 752. The lowest BCUT2D eigenvalue weighted by Gasteiger charge is -2.32. The van der Waals surface area contributed by atoms with Gasteiger partial charge in [0, 0.05) is 6.08 Å². The first-order valence-electron chi connectivity index (χ1n) is 10.2. The van der Waals surface area contributed by atoms with Gasteiger partial charge < -0.3 is 21.9 Å². The highest BCUT2D eigenvalue weighted by molar-refractivity contribution is 6.10. The van der Waals surface area contributed by atoms with Crippen molar-refractivity contribution in [2.24, 2.45) is 4.99 Å². The van der Waals surface area contributed by atoms with E-state index in [1.54, 1.807) is 0 Å². The summed E-state index contributed by atoms with van der Waals surface area (Å²) >= 11 is 0. The van der Waals surface area contributed by atoms with E-state index in [1.807, 2.05) is 6.92 Å². The zero-order valence-corrected chi connectivity index (χ0v) is 18.4. The summed E-state index contributed by atoms with van der Waals surface area (Å²) in [7, 11) is 0. The molecule has 0 saturated carbocycles. The molecule has 0 fully saturated rings. The molecule has 2 atom stereocenters. The summed E-state index contributed by atoms with van der Waals surface area (Å²) < 4.78 is 14.6. The highest BCUT2D eigenvalue weighted by Crippen LogP contribution is 2.32. The van der Waals surface area contributed by atoms with Crippen molar-refractivity contribution in [1.29, 1.82) is 0 Å². The average molecular weight is 406 g/mol. The molecule has 0 aromatic rings. The van der Waals surface area contributed by atoms with Crippen LogP contribution in [0.1, 0.15) is 34.6 Å². The van der Waals surface area contributed by atoms with Crippen molar-refractivity contribution in [2.75, 3.05) is 32.8 Å². The molecule has 28 heavy (non-hydrogen) atoms. The summed E-state index contributed by atoms with van der Waals surface area (Å²) in [5, 5.41) is 0. The standard InChI is InChI=1S/C22H32N3O2.ClH/c1-6-24(7-2)16-11-12-18-19(13-16)27-21-15-17(25(8-3)9-4)14-20(26-10-5)22(21)23-18;/h11-16,22H,6-10H2,1-5H3;1H/q+1;/p-1. The topological polar surface area (TPSA) is 37.1 Å². The van der Waals surface area contributed by atoms with Gasteiger partial charge in [0.15, 0.2) is 6.04 Å². The van der Waals surface area contributed by atoms with Gasteiger partial charge in [0.05, 0.1) is 18.7 Å². The van der Waals surface area contributed by atoms with Crippen molar-refractivity contribution in [3.8, 4) is 0 Å². The van der Waals surface area contributed by atoms with Crippen molar-refractivity contribution in [3.63, 3.8) is 0 Å². The van der Waals surface area contributed by atoms with Crippen LogP contribution in [0, 0.1) is 0 Å². The van der Waals surface area contributed by atoms with E-state index >= 15 is 0 Å². The smallest absolute Gasteiger partial charge is 0.206 e. The first-order valence-corrected chi connectivity index (χ1v) is 10.2. The first-order chi connectivity index (χ1) is 13.1. The molecule has 2 aliphatic carbocycles. The van der Waals surface area contributed by atoms with Gasteiger partial charge >= 0.3 is 0 Å². The van der Waals surface area contributed by atoms with Crippen LogP contribution < -0.4 is 12.4 Å². The maximum atomic E-state index is 6.35. The van der Waals surface area contributed by atoms with E-state index < -0.39 is 0 Å². The second-order valence-electron chi connectivity index (χ2n) is 6.74. The van der Waals surface area contributed by atoms with Gasteiger partial charge in [-0.3, -0.25) is 9.89 Å². The number of halogens is 1. The Balaban J connectivity index is 0.00000280. The normalized spacial score (nSPS) is 22.7. The SMILES string of the molecule is CCOC1=CC(=[N+](CC)CC)C=C2OC3=CC(N(CC)CC)C=CC3=NC12.[Cl-]. The Kier molecular flexibility index (Phi) is 8.08. The van der Waals surface area contributed by atoms with E-state index in [9.17, 15) is 0 Å². The largest absolute Gasteiger partial charge is 1.00 e. The molecule has 1 heterocycles. The van der Waals surface area contributed by atoms with Crippen LogP contribution in [0.3, 0.4) is 0 Å². The number of hydrogen-bond donors (Lipinski definition) is 0. The van der Waals surface area contributed by atoms with Gasteiger partial charge in [-0.1, -0.05) is 19.9 Å². The Morgan fingerprint density at radius 2 is 1.82 bits per heavy atom. The summed E-state index contributed by atoms with van der Waals surface area (Å²) in [5.74, 6) is 2.57. The number of hydrogen-bond acceptors (Lipinski definition) is 4. The van der Waals surface area contributed by atoms with E-state index in [0.717, 1.165) is 54.9 Å². The summed E-state index contributed by atoms with van der Waals surface area (Å²) in [6.07, 6.45) is 10.7. The minimum absolute atomic E-state index is 0. The summed E-state index contributed by atoms with van der Waals surface area (Å²) in [6, 6.07) is 0.0638. The third-order valence-electron chi connectivity index (χ3n) is 5.31. The van der Waals surface area contributed by atoms with E-state index in [-0.39, 0.29) is 24.5 Å². The van der Waals surface area contributed by atoms with Crippen molar-refractivity contribution < 1.29 is 26.5 Å². The number of fused-ring (bicyclic) bond motifs is 2. The Morgan fingerprint density at radius 3 is 2.43 bits per heavy atom. The average Bonchev–Trinajstić information content (AvgIpc) is 2.69. The molecule has 3 rings (SSSR count). The number of aliphatic imine (C=N–C) groups is 1. The second-order valence-corrected chi connectivity index (χ2v) is 6.74. The summed E-state index contributed by atoms with van der Waals surface area (Å²) in [5.41, 5.74) is 2.03. The molecule has 6 heteroatoms. The molecular weight excluding hydrogens is 374 g/mol. The van der Waals surface area contributed by atoms with Gasteiger partial charge in [0.1, 0.15) is 36.1 Å². The zero-order chi connectivity index (χ0) is 19.4. The highest BCUT2D eigenvalue weighted by atomic mass is 35.5. The molecule has 154 valence electrons. The first kappa shape index (κ1) is 22.4. The van der Waals surface area contributed by atoms with Gasteiger partial charge in [-0.15, -0.1) is 0 Å². The number of nitrogens with zero attached hydrogens (tertiary/aromatic N) is 3. The number of likely N-dealkylation sites (N-methyl/N-ethyl adjacent to an activating group) is 1. The Hall–Kier alpha value is -1.85.